The number of nitrogens with zero attached hydrogens (tertiary/aromatic N) is 3. The Bertz CT molecular complexity index is 937. The van der Waals surface area contributed by atoms with Gasteiger partial charge in [-0.3, -0.25) is 0 Å². The monoisotopic (exact) mass is 425 g/mol. The molecule has 2 aliphatic heterocycles. The van der Waals surface area contributed by atoms with Crippen molar-refractivity contribution in [2.45, 2.75) is 43.6 Å². The van der Waals surface area contributed by atoms with Crippen molar-refractivity contribution < 1.29 is 14.6 Å². The molecule has 1 saturated heterocycles. The summed E-state index contributed by atoms with van der Waals surface area (Å²) in [5, 5.41) is 21.3. The molecule has 1 N–H and O–H groups in total. The lowest BCUT2D eigenvalue weighted by atomic mass is 9.89. The number of aromatic nitrogens is 1. The average molecular weight is 426 g/mol. The first-order chi connectivity index (χ1) is 14.5. The lowest BCUT2D eigenvalue weighted by Crippen LogP contribution is -2.39. The lowest BCUT2D eigenvalue weighted by molar-refractivity contribution is -0.0402. The van der Waals surface area contributed by atoms with Crippen LogP contribution in [0.2, 0.25) is 0 Å². The van der Waals surface area contributed by atoms with Crippen LogP contribution in [0.5, 0.6) is 0 Å². The van der Waals surface area contributed by atoms with Crippen LogP contribution in [0, 0.1) is 11.3 Å². The molecule has 1 aromatic heterocycles. The van der Waals surface area contributed by atoms with E-state index in [2.05, 4.69) is 24.8 Å². The zero-order valence-electron chi connectivity index (χ0n) is 17.4. The highest BCUT2D eigenvalue weighted by molar-refractivity contribution is 7.99. The quantitative estimate of drug-likeness (QED) is 0.735. The Kier molecular flexibility index (Phi) is 6.30. The number of rotatable bonds is 5. The Morgan fingerprint density at radius 2 is 1.97 bits per heavy atom. The number of ether oxygens (including phenoxy) is 2. The smallest absolute Gasteiger partial charge is 0.135 e. The molecule has 2 aliphatic rings. The Morgan fingerprint density at radius 1 is 1.23 bits per heavy atom. The van der Waals surface area contributed by atoms with Crippen molar-refractivity contribution in [3.05, 3.63) is 52.6 Å². The number of nitriles is 1. The second kappa shape index (κ2) is 8.94. The summed E-state index contributed by atoms with van der Waals surface area (Å²) in [6.45, 7) is 7.43. The minimum absolute atomic E-state index is 0.326. The minimum Gasteiger partial charge on any atom is -0.388 e. The van der Waals surface area contributed by atoms with Gasteiger partial charge in [0, 0.05) is 30.8 Å². The van der Waals surface area contributed by atoms with E-state index in [1.165, 1.54) is 11.8 Å². The largest absolute Gasteiger partial charge is 0.388 e. The zero-order chi connectivity index (χ0) is 21.1. The first-order valence-electron chi connectivity index (χ1n) is 10.3. The number of fused-ring (bicyclic) bond motifs is 1. The second-order valence-electron chi connectivity index (χ2n) is 8.25. The Hall–Kier alpha value is -2.11. The molecule has 1 fully saturated rings. The van der Waals surface area contributed by atoms with Crippen LogP contribution >= 0.6 is 11.8 Å². The number of hydrogen-bond donors (Lipinski definition) is 1. The van der Waals surface area contributed by atoms with Gasteiger partial charge in [-0.2, -0.15) is 5.26 Å². The molecule has 1 atom stereocenters. The predicted molar refractivity (Wildman–Crippen MR) is 117 cm³/mol. The maximum atomic E-state index is 10.6. The van der Waals surface area contributed by atoms with Crippen molar-refractivity contribution in [1.29, 1.82) is 5.26 Å². The van der Waals surface area contributed by atoms with Crippen molar-refractivity contribution in [3.8, 4) is 6.07 Å². The van der Waals surface area contributed by atoms with Crippen molar-refractivity contribution in [3.63, 3.8) is 0 Å². The summed E-state index contributed by atoms with van der Waals surface area (Å²) >= 11 is 1.44. The van der Waals surface area contributed by atoms with Gasteiger partial charge in [0.1, 0.15) is 16.9 Å². The van der Waals surface area contributed by atoms with Gasteiger partial charge in [0.25, 0.3) is 0 Å². The molecule has 2 aromatic rings. The van der Waals surface area contributed by atoms with Gasteiger partial charge < -0.3 is 19.5 Å². The highest BCUT2D eigenvalue weighted by Crippen LogP contribution is 2.39. The fourth-order valence-corrected chi connectivity index (χ4v) is 4.88. The van der Waals surface area contributed by atoms with Crippen molar-refractivity contribution >= 4 is 17.6 Å². The highest BCUT2D eigenvalue weighted by atomic mass is 32.2. The number of pyridine rings is 1. The number of morpholine rings is 1. The Balaban J connectivity index is 1.69. The van der Waals surface area contributed by atoms with Gasteiger partial charge in [-0.05, 0) is 25.0 Å². The van der Waals surface area contributed by atoms with Crippen LogP contribution in [0.15, 0.2) is 35.4 Å². The molecule has 0 saturated carbocycles. The summed E-state index contributed by atoms with van der Waals surface area (Å²) in [5.74, 6) is 1.33. The summed E-state index contributed by atoms with van der Waals surface area (Å²) in [4.78, 5) is 7.14. The van der Waals surface area contributed by atoms with Gasteiger partial charge in [0.05, 0.1) is 37.1 Å². The van der Waals surface area contributed by atoms with E-state index >= 15 is 0 Å². The Labute approximate surface area is 181 Å². The maximum absolute atomic E-state index is 10.6. The topological polar surface area (TPSA) is 78.6 Å². The molecule has 0 bridgehead atoms. The highest BCUT2D eigenvalue weighted by Gasteiger charge is 2.33. The number of hydrogen-bond acceptors (Lipinski definition) is 7. The van der Waals surface area contributed by atoms with Crippen LogP contribution in [0.1, 0.15) is 42.2 Å². The molecule has 0 amide bonds. The van der Waals surface area contributed by atoms with Crippen LogP contribution in [-0.4, -0.2) is 47.7 Å². The molecule has 1 aromatic carbocycles. The molecule has 1 unspecified atom stereocenters. The van der Waals surface area contributed by atoms with E-state index in [1.807, 2.05) is 30.3 Å². The van der Waals surface area contributed by atoms with E-state index in [1.54, 1.807) is 0 Å². The molecule has 0 radical (unpaired) electrons. The van der Waals surface area contributed by atoms with Gasteiger partial charge >= 0.3 is 0 Å². The first-order valence-corrected chi connectivity index (χ1v) is 11.3. The van der Waals surface area contributed by atoms with E-state index in [0.29, 0.717) is 42.6 Å². The maximum Gasteiger partial charge on any atom is 0.135 e. The molecule has 158 valence electrons. The van der Waals surface area contributed by atoms with E-state index in [0.717, 1.165) is 35.6 Å². The van der Waals surface area contributed by atoms with Crippen LogP contribution < -0.4 is 4.90 Å². The third kappa shape index (κ3) is 4.47. The average Bonchev–Trinajstić information content (AvgIpc) is 2.77. The molecule has 0 spiro atoms. The molecule has 6 nitrogen and oxygen atoms in total. The number of anilines is 1. The number of thioether (sulfide) groups is 1. The first kappa shape index (κ1) is 21.1. The standard InChI is InChI=1S/C23H27N3O3S/c1-23(2)12-17-18(13-24)22(30-15-20(27)16-6-4-3-5-7-16)25-21(19(17)14-29-23)26-8-10-28-11-9-26/h3-7,20,27H,8-12,14-15H2,1-2H3. The molecular formula is C23H27N3O3S. The minimum atomic E-state index is -0.618. The third-order valence-electron chi connectivity index (χ3n) is 5.55. The van der Waals surface area contributed by atoms with E-state index in [9.17, 15) is 10.4 Å². The Morgan fingerprint density at radius 3 is 2.67 bits per heavy atom. The molecule has 3 heterocycles. The van der Waals surface area contributed by atoms with Gasteiger partial charge in [0.2, 0.25) is 0 Å². The number of aliphatic hydroxyl groups excluding tert-OH is 1. The number of benzene rings is 1. The molecule has 0 aliphatic carbocycles. The summed E-state index contributed by atoms with van der Waals surface area (Å²) in [6.07, 6.45) is 0.0482. The zero-order valence-corrected chi connectivity index (χ0v) is 18.2. The molecule has 4 rings (SSSR count). The van der Waals surface area contributed by atoms with Crippen LogP contribution in [0.3, 0.4) is 0 Å². The van der Waals surface area contributed by atoms with Crippen molar-refractivity contribution in [2.75, 3.05) is 37.0 Å². The van der Waals surface area contributed by atoms with Crippen molar-refractivity contribution in [1.82, 2.24) is 4.98 Å². The van der Waals surface area contributed by atoms with Crippen LogP contribution in [0.25, 0.3) is 0 Å². The SMILES string of the molecule is CC1(C)Cc2c(C#N)c(SCC(O)c3ccccc3)nc(N3CCOCC3)c2CO1. The predicted octanol–water partition coefficient (Wildman–Crippen LogP) is 3.47. The molecule has 7 heteroatoms. The van der Waals surface area contributed by atoms with Crippen LogP contribution in [0.4, 0.5) is 5.82 Å². The van der Waals surface area contributed by atoms with E-state index < -0.39 is 6.10 Å². The summed E-state index contributed by atoms with van der Waals surface area (Å²) in [7, 11) is 0. The number of aliphatic hydroxyl groups is 1. The summed E-state index contributed by atoms with van der Waals surface area (Å²) < 4.78 is 11.6. The second-order valence-corrected chi connectivity index (χ2v) is 9.26. The van der Waals surface area contributed by atoms with E-state index in [4.69, 9.17) is 14.5 Å². The van der Waals surface area contributed by atoms with Crippen LogP contribution in [-0.2, 0) is 22.5 Å². The van der Waals surface area contributed by atoms with Gasteiger partial charge in [-0.1, -0.05) is 30.3 Å². The summed E-state index contributed by atoms with van der Waals surface area (Å²) in [6, 6.07) is 12.0. The van der Waals surface area contributed by atoms with Gasteiger partial charge in [-0.15, -0.1) is 11.8 Å². The van der Waals surface area contributed by atoms with Gasteiger partial charge in [-0.25, -0.2) is 4.98 Å². The van der Waals surface area contributed by atoms with Gasteiger partial charge in [0.15, 0.2) is 0 Å². The molecular weight excluding hydrogens is 398 g/mol. The third-order valence-corrected chi connectivity index (χ3v) is 6.60. The fraction of sp³-hybridized carbons (Fsp3) is 0.478. The van der Waals surface area contributed by atoms with E-state index in [-0.39, 0.29) is 5.60 Å². The fourth-order valence-electron chi connectivity index (χ4n) is 3.91. The molecule has 30 heavy (non-hydrogen) atoms. The van der Waals surface area contributed by atoms with Crippen molar-refractivity contribution in [2.24, 2.45) is 0 Å². The summed E-state index contributed by atoms with van der Waals surface area (Å²) in [5.41, 5.74) is 3.20. The normalized spacial score (nSPS) is 19.1. The lowest BCUT2D eigenvalue weighted by Gasteiger charge is -2.37.